The Hall–Kier alpha value is -6.42. The molecular formula is C66H67N4OPt-3. The van der Waals surface area contributed by atoms with Crippen LogP contribution in [0.25, 0.3) is 27.6 Å². The van der Waals surface area contributed by atoms with Crippen LogP contribution in [0.3, 0.4) is 0 Å². The van der Waals surface area contributed by atoms with Crippen LogP contribution in [0.4, 0.5) is 22.7 Å². The first kappa shape index (κ1) is 50.5. The topological polar surface area (TPSA) is 33.5 Å². The largest absolute Gasteiger partial charge is 0.509 e. The number of hydrogen-bond donors (Lipinski definition) is 0. The fourth-order valence-corrected chi connectivity index (χ4v) is 10.1. The van der Waals surface area contributed by atoms with Gasteiger partial charge in [0, 0.05) is 66.8 Å². The first-order chi connectivity index (χ1) is 33.6. The Morgan fingerprint density at radius 2 is 1.07 bits per heavy atom. The number of ether oxygens (including phenoxy) is 1. The van der Waals surface area contributed by atoms with E-state index in [1.807, 2.05) is 6.20 Å². The predicted octanol–water partition coefficient (Wildman–Crippen LogP) is 17.5. The molecule has 0 amide bonds. The minimum absolute atomic E-state index is 0. The molecule has 72 heavy (non-hydrogen) atoms. The van der Waals surface area contributed by atoms with E-state index in [1.165, 1.54) is 27.8 Å². The minimum Gasteiger partial charge on any atom is -0.509 e. The number of fused-ring (bicyclic) bond motifs is 4. The van der Waals surface area contributed by atoms with E-state index in [0.29, 0.717) is 11.5 Å². The Labute approximate surface area is 443 Å². The van der Waals surface area contributed by atoms with Crippen molar-refractivity contribution >= 4 is 44.6 Å². The molecule has 1 aliphatic rings. The summed E-state index contributed by atoms with van der Waals surface area (Å²) in [7, 11) is 0. The Kier molecular flexibility index (Phi) is 13.0. The Morgan fingerprint density at radius 3 is 1.74 bits per heavy atom. The van der Waals surface area contributed by atoms with Gasteiger partial charge in [-0.05, 0) is 97.3 Å². The summed E-state index contributed by atoms with van der Waals surface area (Å²) < 4.78 is 9.49. The zero-order valence-electron chi connectivity index (χ0n) is 44.2. The molecule has 0 aliphatic carbocycles. The van der Waals surface area contributed by atoms with Crippen LogP contribution in [0.5, 0.6) is 11.5 Å². The van der Waals surface area contributed by atoms with Crippen molar-refractivity contribution in [1.29, 1.82) is 0 Å². The second-order valence-corrected chi connectivity index (χ2v) is 23.6. The van der Waals surface area contributed by atoms with Crippen LogP contribution < -0.4 is 14.5 Å². The van der Waals surface area contributed by atoms with Crippen molar-refractivity contribution in [2.75, 3.05) is 9.80 Å². The van der Waals surface area contributed by atoms with Gasteiger partial charge in [0.15, 0.2) is 0 Å². The van der Waals surface area contributed by atoms with Gasteiger partial charge < -0.3 is 19.1 Å². The molecule has 7 aromatic carbocycles. The van der Waals surface area contributed by atoms with Crippen molar-refractivity contribution in [3.8, 4) is 17.3 Å². The smallest absolute Gasteiger partial charge is 0.135 e. The summed E-state index contributed by atoms with van der Waals surface area (Å²) in [6, 6.07) is 64.8. The molecule has 0 N–H and O–H groups in total. The molecule has 5 nitrogen and oxygen atoms in total. The molecule has 3 heterocycles. The SMILES string of the molecule is CC(C)(C)c1cc(Oc2[c-]c3c(c(C(C)(C)c4ccccc4)c2)c2ccccc2n3-c2cc(C(C)(C)C)ccn2)[c-]c(N2[CH-]N(c3cccc(C(C)(C)c4ccccc4)c3)c3cc(C(C)(C)C)ccc32)c1.[Pt]. The molecule has 9 aromatic rings. The van der Waals surface area contributed by atoms with Crippen molar-refractivity contribution in [2.24, 2.45) is 0 Å². The molecule has 6 heteroatoms. The van der Waals surface area contributed by atoms with Crippen molar-refractivity contribution in [1.82, 2.24) is 9.55 Å². The normalized spacial score (nSPS) is 13.4. The van der Waals surface area contributed by atoms with Gasteiger partial charge in [0.1, 0.15) is 5.82 Å². The molecule has 0 atom stereocenters. The van der Waals surface area contributed by atoms with Crippen LogP contribution in [0.1, 0.15) is 129 Å². The van der Waals surface area contributed by atoms with Gasteiger partial charge in [-0.1, -0.05) is 198 Å². The molecule has 0 radical (unpaired) electrons. The van der Waals surface area contributed by atoms with E-state index in [1.54, 1.807) is 0 Å². The third-order valence-corrected chi connectivity index (χ3v) is 14.8. The molecule has 0 unspecified atom stereocenters. The fraction of sp³-hybridized carbons (Fsp3) is 0.273. The summed E-state index contributed by atoms with van der Waals surface area (Å²) in [6.07, 6.45) is 1.93. The number of pyridine rings is 1. The number of rotatable bonds is 9. The van der Waals surface area contributed by atoms with E-state index in [9.17, 15) is 0 Å². The average Bonchev–Trinajstić information content (AvgIpc) is 3.89. The third kappa shape index (κ3) is 9.30. The fourth-order valence-electron chi connectivity index (χ4n) is 10.1. The zero-order valence-corrected chi connectivity index (χ0v) is 46.5. The van der Waals surface area contributed by atoms with Crippen molar-refractivity contribution in [2.45, 2.75) is 117 Å². The molecule has 10 rings (SSSR count). The van der Waals surface area contributed by atoms with Gasteiger partial charge in [-0.25, -0.2) is 4.98 Å². The Morgan fingerprint density at radius 1 is 0.472 bits per heavy atom. The Bertz CT molecular complexity index is 3440. The molecule has 0 fully saturated rings. The summed E-state index contributed by atoms with van der Waals surface area (Å²) in [5.41, 5.74) is 13.7. The first-order valence-corrected chi connectivity index (χ1v) is 25.1. The van der Waals surface area contributed by atoms with E-state index in [4.69, 9.17) is 9.72 Å². The maximum Gasteiger partial charge on any atom is 0.135 e. The quantitative estimate of drug-likeness (QED) is 0.135. The molecule has 370 valence electrons. The second-order valence-electron chi connectivity index (χ2n) is 23.6. The number of anilines is 4. The van der Waals surface area contributed by atoms with Crippen molar-refractivity contribution < 1.29 is 25.8 Å². The van der Waals surface area contributed by atoms with E-state index in [2.05, 4.69) is 281 Å². The van der Waals surface area contributed by atoms with Gasteiger partial charge in [0.25, 0.3) is 0 Å². The number of aromatic nitrogens is 2. The van der Waals surface area contributed by atoms with Crippen LogP contribution >= 0.6 is 0 Å². The summed E-state index contributed by atoms with van der Waals surface area (Å²) in [4.78, 5) is 9.65. The van der Waals surface area contributed by atoms with Gasteiger partial charge in [0.05, 0.1) is 0 Å². The molecule has 1 aliphatic heterocycles. The maximum atomic E-state index is 7.22. The third-order valence-electron chi connectivity index (χ3n) is 14.8. The van der Waals surface area contributed by atoms with Crippen molar-refractivity contribution in [3.63, 3.8) is 0 Å². The predicted molar refractivity (Wildman–Crippen MR) is 297 cm³/mol. The van der Waals surface area contributed by atoms with Gasteiger partial charge in [-0.15, -0.1) is 53.8 Å². The monoisotopic (exact) mass is 1130 g/mol. The molecule has 0 saturated heterocycles. The summed E-state index contributed by atoms with van der Waals surface area (Å²) in [5.74, 6) is 2.08. The minimum atomic E-state index is -0.415. The number of benzene rings is 7. The zero-order chi connectivity index (χ0) is 50.3. The van der Waals surface area contributed by atoms with Crippen LogP contribution in [-0.4, -0.2) is 9.55 Å². The summed E-state index contributed by atoms with van der Waals surface area (Å²) >= 11 is 0. The maximum absolute atomic E-state index is 7.22. The van der Waals surface area contributed by atoms with Gasteiger partial charge in [-0.2, -0.15) is 0 Å². The van der Waals surface area contributed by atoms with E-state index in [0.717, 1.165) is 61.5 Å². The summed E-state index contributed by atoms with van der Waals surface area (Å²) in [5, 5.41) is 2.28. The van der Waals surface area contributed by atoms with Gasteiger partial charge in [-0.3, -0.25) is 0 Å². The average molecular weight is 1130 g/mol. The van der Waals surface area contributed by atoms with E-state index >= 15 is 0 Å². The molecule has 0 saturated carbocycles. The van der Waals surface area contributed by atoms with Crippen LogP contribution in [0.2, 0.25) is 0 Å². The molecular weight excluding hydrogens is 1060 g/mol. The van der Waals surface area contributed by atoms with Crippen molar-refractivity contribution in [3.05, 3.63) is 222 Å². The Balaban J connectivity index is 0.00000640. The first-order valence-electron chi connectivity index (χ1n) is 25.1. The molecule has 2 aromatic heterocycles. The molecule has 0 bridgehead atoms. The second kappa shape index (κ2) is 18.6. The van der Waals surface area contributed by atoms with Crippen LogP contribution in [0, 0.1) is 18.8 Å². The van der Waals surface area contributed by atoms with E-state index in [-0.39, 0.29) is 42.7 Å². The van der Waals surface area contributed by atoms with E-state index < -0.39 is 5.41 Å². The summed E-state index contributed by atoms with van der Waals surface area (Å²) in [6.45, 7) is 31.8. The van der Waals surface area contributed by atoms with Gasteiger partial charge >= 0.3 is 0 Å². The standard InChI is InChI=1S/C66H67N4O.Pt/c1-62(2,3)46-31-32-57-58(38-46)68(50-28-22-27-48(35-50)65(10,11)44-23-16-14-17-24-44)43-69(57)51-36-49(64(7,8)9)37-52(40-51)71-53-41-55(66(12,13)45-25-18-15-19-26-45)61-54-29-20-21-30-56(54)70(59(61)42-53)60-39-47(33-34-67-60)63(4,5)6;/h14-39,41,43H,1-13H3;/q-3;. The molecule has 0 spiro atoms. The number of para-hydroxylation sites is 1. The van der Waals surface area contributed by atoms with Gasteiger partial charge in [0.2, 0.25) is 0 Å². The van der Waals surface area contributed by atoms with Crippen LogP contribution in [-0.2, 0) is 48.1 Å². The van der Waals surface area contributed by atoms with Crippen LogP contribution in [0.15, 0.2) is 164 Å². The number of hydrogen-bond acceptors (Lipinski definition) is 4. The number of nitrogens with zero attached hydrogens (tertiary/aromatic N) is 4.